The minimum absolute atomic E-state index is 0.219. The number of aryl methyl sites for hydroxylation is 2. The number of hydrogen-bond acceptors (Lipinski definition) is 4. The number of carbonyl (C=O) groups is 1. The zero-order valence-corrected chi connectivity index (χ0v) is 22.2. The maximum atomic E-state index is 13.4. The fourth-order valence-electron chi connectivity index (χ4n) is 5.02. The Kier molecular flexibility index (Phi) is 9.92. The van der Waals surface area contributed by atoms with E-state index in [4.69, 9.17) is 4.74 Å². The highest BCUT2D eigenvalue weighted by atomic mass is 32.2. The maximum Gasteiger partial charge on any atom is 0.324 e. The fourth-order valence-corrected chi connectivity index (χ4v) is 6.69. The van der Waals surface area contributed by atoms with E-state index in [9.17, 15) is 13.2 Å². The molecule has 0 N–H and O–H groups in total. The van der Waals surface area contributed by atoms with Gasteiger partial charge in [0.05, 0.1) is 4.90 Å². The van der Waals surface area contributed by atoms with Crippen LogP contribution in [0.2, 0.25) is 0 Å². The first-order valence-electron chi connectivity index (χ1n) is 13.4. The van der Waals surface area contributed by atoms with Crippen LogP contribution in [-0.4, -0.2) is 37.4 Å². The van der Waals surface area contributed by atoms with Gasteiger partial charge in [0.25, 0.3) is 0 Å². The molecule has 3 aromatic rings. The van der Waals surface area contributed by atoms with Gasteiger partial charge in [-0.2, -0.15) is 4.31 Å². The Balaban J connectivity index is 1.42. The number of carbonyl (C=O) groups excluding carboxylic acids is 1. The van der Waals surface area contributed by atoms with Crippen molar-refractivity contribution >= 4 is 16.0 Å². The molecule has 0 saturated carbocycles. The molecule has 1 saturated heterocycles. The zero-order valence-electron chi connectivity index (χ0n) is 21.4. The first-order valence-corrected chi connectivity index (χ1v) is 14.8. The fraction of sp³-hybridized carbons (Fsp3) is 0.387. The first-order chi connectivity index (χ1) is 18.0. The number of ether oxygens (including phenoxy) is 1. The van der Waals surface area contributed by atoms with Crippen LogP contribution in [0.4, 0.5) is 0 Å². The highest BCUT2D eigenvalue weighted by molar-refractivity contribution is 7.89. The van der Waals surface area contributed by atoms with Crippen LogP contribution in [0, 0.1) is 0 Å². The van der Waals surface area contributed by atoms with Crippen LogP contribution in [0.3, 0.4) is 0 Å². The summed E-state index contributed by atoms with van der Waals surface area (Å²) < 4.78 is 34.2. The Labute approximate surface area is 221 Å². The predicted molar refractivity (Wildman–Crippen MR) is 147 cm³/mol. The highest BCUT2D eigenvalue weighted by Gasteiger charge is 2.39. The molecule has 37 heavy (non-hydrogen) atoms. The second-order valence-corrected chi connectivity index (χ2v) is 11.6. The molecular formula is C31H37NO4S. The number of rotatable bonds is 12. The molecule has 1 atom stereocenters. The Bertz CT molecular complexity index is 1150. The summed E-state index contributed by atoms with van der Waals surface area (Å²) in [5.41, 5.74) is 2.54. The van der Waals surface area contributed by atoms with Crippen LogP contribution in [0.1, 0.15) is 56.1 Å². The quantitative estimate of drug-likeness (QED) is 0.268. The van der Waals surface area contributed by atoms with Gasteiger partial charge in [0.2, 0.25) is 10.0 Å². The third-order valence-electron chi connectivity index (χ3n) is 7.03. The second-order valence-electron chi connectivity index (χ2n) is 9.75. The van der Waals surface area contributed by atoms with Crippen LogP contribution in [0.25, 0.3) is 0 Å². The molecular weight excluding hydrogens is 482 g/mol. The number of piperidine rings is 1. The zero-order chi connectivity index (χ0) is 25.9. The van der Waals surface area contributed by atoms with E-state index in [-0.39, 0.29) is 11.0 Å². The van der Waals surface area contributed by atoms with Gasteiger partial charge in [-0.05, 0) is 81.0 Å². The Morgan fingerprint density at radius 1 is 0.784 bits per heavy atom. The minimum atomic E-state index is -3.77. The van der Waals surface area contributed by atoms with Crippen molar-refractivity contribution in [2.45, 2.75) is 74.8 Å². The molecule has 1 aliphatic rings. The van der Waals surface area contributed by atoms with Crippen LogP contribution in [0.5, 0.6) is 0 Å². The summed E-state index contributed by atoms with van der Waals surface area (Å²) in [7, 11) is -3.77. The van der Waals surface area contributed by atoms with E-state index in [1.165, 1.54) is 15.4 Å². The molecule has 1 unspecified atom stereocenters. The minimum Gasteiger partial charge on any atom is -0.461 e. The molecule has 6 heteroatoms. The first kappa shape index (κ1) is 27.1. The molecule has 1 heterocycles. The Hall–Kier alpha value is -2.96. The largest absolute Gasteiger partial charge is 0.461 e. The molecule has 0 aromatic heterocycles. The van der Waals surface area contributed by atoms with E-state index in [1.54, 1.807) is 30.3 Å². The third-order valence-corrected chi connectivity index (χ3v) is 8.95. The Morgan fingerprint density at radius 3 is 1.84 bits per heavy atom. The number of nitrogens with zero attached hydrogens (tertiary/aromatic N) is 1. The molecule has 4 rings (SSSR count). The summed E-state index contributed by atoms with van der Waals surface area (Å²) in [6.45, 7) is 0.337. The molecule has 0 aliphatic carbocycles. The van der Waals surface area contributed by atoms with Crippen molar-refractivity contribution in [1.82, 2.24) is 4.31 Å². The summed E-state index contributed by atoms with van der Waals surface area (Å²) in [4.78, 5) is 13.7. The van der Waals surface area contributed by atoms with Crippen molar-refractivity contribution in [2.75, 3.05) is 6.54 Å². The summed E-state index contributed by atoms with van der Waals surface area (Å²) in [5, 5.41) is 0. The van der Waals surface area contributed by atoms with Gasteiger partial charge in [0, 0.05) is 6.54 Å². The van der Waals surface area contributed by atoms with E-state index in [2.05, 4.69) is 24.3 Å². The van der Waals surface area contributed by atoms with Crippen LogP contribution < -0.4 is 0 Å². The van der Waals surface area contributed by atoms with Gasteiger partial charge in [-0.3, -0.25) is 4.79 Å². The maximum absolute atomic E-state index is 13.4. The van der Waals surface area contributed by atoms with E-state index in [0.717, 1.165) is 51.4 Å². The van der Waals surface area contributed by atoms with Crippen LogP contribution in [-0.2, 0) is 32.4 Å². The third kappa shape index (κ3) is 7.76. The van der Waals surface area contributed by atoms with Crippen LogP contribution in [0.15, 0.2) is 95.9 Å². The van der Waals surface area contributed by atoms with Crippen molar-refractivity contribution in [3.63, 3.8) is 0 Å². The van der Waals surface area contributed by atoms with E-state index >= 15 is 0 Å². The van der Waals surface area contributed by atoms with E-state index in [0.29, 0.717) is 13.0 Å². The van der Waals surface area contributed by atoms with Gasteiger partial charge in [0.15, 0.2) is 0 Å². The average Bonchev–Trinajstić information content (AvgIpc) is 2.94. The van der Waals surface area contributed by atoms with Crippen molar-refractivity contribution in [3.8, 4) is 0 Å². The number of benzene rings is 3. The lowest BCUT2D eigenvalue weighted by molar-refractivity contribution is -0.155. The van der Waals surface area contributed by atoms with Gasteiger partial charge >= 0.3 is 5.97 Å². The highest BCUT2D eigenvalue weighted by Crippen LogP contribution is 2.27. The molecule has 1 aliphatic heterocycles. The molecule has 0 amide bonds. The lowest BCUT2D eigenvalue weighted by atomic mass is 10.0. The molecule has 0 bridgehead atoms. The molecule has 0 radical (unpaired) electrons. The smallest absolute Gasteiger partial charge is 0.324 e. The van der Waals surface area contributed by atoms with E-state index < -0.39 is 22.0 Å². The van der Waals surface area contributed by atoms with Crippen molar-refractivity contribution < 1.29 is 17.9 Å². The van der Waals surface area contributed by atoms with Gasteiger partial charge in [-0.25, -0.2) is 8.42 Å². The topological polar surface area (TPSA) is 63.7 Å². The number of hydrogen-bond donors (Lipinski definition) is 0. The summed E-state index contributed by atoms with van der Waals surface area (Å²) >= 11 is 0. The summed E-state index contributed by atoms with van der Waals surface area (Å²) in [5.74, 6) is -0.413. The molecule has 1 fully saturated rings. The van der Waals surface area contributed by atoms with Crippen molar-refractivity contribution in [3.05, 3.63) is 102 Å². The molecule has 196 valence electrons. The second kappa shape index (κ2) is 13.5. The number of esters is 1. The monoisotopic (exact) mass is 519 g/mol. The van der Waals surface area contributed by atoms with Gasteiger partial charge in [-0.1, -0.05) is 78.9 Å². The van der Waals surface area contributed by atoms with Gasteiger partial charge in [-0.15, -0.1) is 0 Å². The van der Waals surface area contributed by atoms with Crippen LogP contribution >= 0.6 is 0 Å². The normalized spacial score (nSPS) is 16.5. The predicted octanol–water partition coefficient (Wildman–Crippen LogP) is 6.19. The standard InChI is InChI=1S/C31H37NO4S/c33-31(30-24-10-11-25-32(30)37(34,35)29-22-8-3-9-23-29)36-28(20-12-18-26-14-4-1-5-15-26)21-13-19-27-16-6-2-7-17-27/h1-9,14-17,22-23,28,30H,10-13,18-21,24-25H2. The summed E-state index contributed by atoms with van der Waals surface area (Å²) in [6.07, 6.45) is 6.99. The lowest BCUT2D eigenvalue weighted by Gasteiger charge is -2.34. The Morgan fingerprint density at radius 2 is 1.30 bits per heavy atom. The SMILES string of the molecule is O=C(OC(CCCc1ccccc1)CCCc1ccccc1)C1CCCCN1S(=O)(=O)c1ccccc1. The van der Waals surface area contributed by atoms with Gasteiger partial charge in [0.1, 0.15) is 12.1 Å². The van der Waals surface area contributed by atoms with E-state index in [1.807, 2.05) is 36.4 Å². The lowest BCUT2D eigenvalue weighted by Crippen LogP contribution is -2.49. The van der Waals surface area contributed by atoms with Crippen molar-refractivity contribution in [1.29, 1.82) is 0 Å². The average molecular weight is 520 g/mol. The summed E-state index contributed by atoms with van der Waals surface area (Å²) in [6, 6.07) is 28.2. The molecule has 0 spiro atoms. The van der Waals surface area contributed by atoms with Gasteiger partial charge < -0.3 is 4.74 Å². The molecule has 5 nitrogen and oxygen atoms in total. The van der Waals surface area contributed by atoms with Crippen molar-refractivity contribution in [2.24, 2.45) is 0 Å². The number of sulfonamides is 1. The molecule has 3 aromatic carbocycles.